The maximum Gasteiger partial charge on any atom is 0.253 e. The molecule has 0 spiro atoms. The Morgan fingerprint density at radius 1 is 1.30 bits per heavy atom. The second-order valence-electron chi connectivity index (χ2n) is 5.40. The number of aryl methyl sites for hydroxylation is 1. The van der Waals surface area contributed by atoms with Gasteiger partial charge in [0.1, 0.15) is 5.75 Å². The van der Waals surface area contributed by atoms with Gasteiger partial charge in [-0.25, -0.2) is 0 Å². The fourth-order valence-electron chi connectivity index (χ4n) is 2.43. The van der Waals surface area contributed by atoms with E-state index in [9.17, 15) is 4.79 Å². The van der Waals surface area contributed by atoms with Crippen molar-refractivity contribution in [2.75, 3.05) is 14.2 Å². The molecule has 1 aromatic carbocycles. The Bertz CT molecular complexity index is 761. The largest absolute Gasteiger partial charge is 0.496 e. The molecule has 0 unspecified atom stereocenters. The van der Waals surface area contributed by atoms with Crippen LogP contribution < -0.4 is 4.74 Å². The van der Waals surface area contributed by atoms with E-state index in [0.29, 0.717) is 17.7 Å². The maximum atomic E-state index is 12.5. The molecule has 0 aliphatic rings. The van der Waals surface area contributed by atoms with E-state index in [-0.39, 0.29) is 5.91 Å². The predicted molar refractivity (Wildman–Crippen MR) is 87.2 cm³/mol. The molecule has 0 saturated heterocycles. The number of rotatable bonds is 4. The van der Waals surface area contributed by atoms with E-state index >= 15 is 0 Å². The number of nitriles is 1. The van der Waals surface area contributed by atoms with E-state index < -0.39 is 0 Å². The lowest BCUT2D eigenvalue weighted by atomic mass is 10.1. The minimum absolute atomic E-state index is 0.116. The molecule has 0 fully saturated rings. The normalized spacial score (nSPS) is 10.0. The maximum absolute atomic E-state index is 12.5. The van der Waals surface area contributed by atoms with Gasteiger partial charge in [-0.1, -0.05) is 0 Å². The van der Waals surface area contributed by atoms with Crippen molar-refractivity contribution in [2.45, 2.75) is 20.4 Å². The summed E-state index contributed by atoms with van der Waals surface area (Å²) in [5.74, 6) is 0.685. The van der Waals surface area contributed by atoms with Crippen LogP contribution in [0.5, 0.6) is 5.75 Å². The third-order valence-electron chi connectivity index (χ3n) is 3.74. The number of benzene rings is 1. The van der Waals surface area contributed by atoms with Gasteiger partial charge in [0.15, 0.2) is 0 Å². The molecule has 5 nitrogen and oxygen atoms in total. The van der Waals surface area contributed by atoms with Crippen molar-refractivity contribution in [3.05, 3.63) is 58.4 Å². The summed E-state index contributed by atoms with van der Waals surface area (Å²) in [6.07, 6.45) is 1.75. The first-order chi connectivity index (χ1) is 11.0. The topological polar surface area (TPSA) is 66.2 Å². The molecule has 1 heterocycles. The fraction of sp³-hybridized carbons (Fsp3) is 0.278. The lowest BCUT2D eigenvalue weighted by Gasteiger charge is -2.19. The number of pyridine rings is 1. The third-order valence-corrected chi connectivity index (χ3v) is 3.74. The molecular formula is C18H19N3O2. The van der Waals surface area contributed by atoms with Crippen LogP contribution in [0.25, 0.3) is 0 Å². The SMILES string of the molecule is COc1c(C)cnc(CN(C)C(=O)c2ccc(C#N)cc2)c1C. The summed E-state index contributed by atoms with van der Waals surface area (Å²) >= 11 is 0. The zero-order valence-electron chi connectivity index (χ0n) is 13.8. The van der Waals surface area contributed by atoms with Crippen molar-refractivity contribution in [1.29, 1.82) is 5.26 Å². The van der Waals surface area contributed by atoms with Crippen LogP contribution >= 0.6 is 0 Å². The molecule has 1 amide bonds. The summed E-state index contributed by atoms with van der Waals surface area (Å²) in [6, 6.07) is 8.64. The second kappa shape index (κ2) is 6.93. The monoisotopic (exact) mass is 309 g/mol. The summed E-state index contributed by atoms with van der Waals surface area (Å²) in [5.41, 5.74) is 3.78. The Hall–Kier alpha value is -2.87. The highest BCUT2D eigenvalue weighted by Crippen LogP contribution is 2.24. The molecule has 1 aromatic heterocycles. The van der Waals surface area contributed by atoms with Crippen LogP contribution in [-0.4, -0.2) is 29.9 Å². The van der Waals surface area contributed by atoms with E-state index in [0.717, 1.165) is 22.6 Å². The van der Waals surface area contributed by atoms with E-state index in [1.807, 2.05) is 19.9 Å². The summed E-state index contributed by atoms with van der Waals surface area (Å²) in [6.45, 7) is 4.27. The van der Waals surface area contributed by atoms with Crippen LogP contribution in [0.2, 0.25) is 0 Å². The van der Waals surface area contributed by atoms with Gasteiger partial charge in [0.05, 0.1) is 31.0 Å². The number of nitrogens with zero attached hydrogens (tertiary/aromatic N) is 3. The van der Waals surface area contributed by atoms with Crippen LogP contribution in [0.15, 0.2) is 30.5 Å². The highest BCUT2D eigenvalue weighted by molar-refractivity contribution is 5.94. The predicted octanol–water partition coefficient (Wildman–Crippen LogP) is 2.85. The first kappa shape index (κ1) is 16.5. The summed E-state index contributed by atoms with van der Waals surface area (Å²) in [5, 5.41) is 8.81. The highest BCUT2D eigenvalue weighted by atomic mass is 16.5. The first-order valence-corrected chi connectivity index (χ1v) is 7.22. The minimum Gasteiger partial charge on any atom is -0.496 e. The van der Waals surface area contributed by atoms with E-state index in [1.54, 1.807) is 49.5 Å². The number of methoxy groups -OCH3 is 1. The fourth-order valence-corrected chi connectivity index (χ4v) is 2.43. The van der Waals surface area contributed by atoms with Gasteiger partial charge in [-0.05, 0) is 38.1 Å². The van der Waals surface area contributed by atoms with Crippen LogP contribution in [0.1, 0.15) is 32.7 Å². The van der Waals surface area contributed by atoms with Gasteiger partial charge in [0, 0.05) is 29.9 Å². The zero-order valence-corrected chi connectivity index (χ0v) is 13.8. The minimum atomic E-state index is -0.116. The van der Waals surface area contributed by atoms with Gasteiger partial charge in [0.25, 0.3) is 5.91 Å². The van der Waals surface area contributed by atoms with Crippen molar-refractivity contribution in [2.24, 2.45) is 0 Å². The summed E-state index contributed by atoms with van der Waals surface area (Å²) < 4.78 is 5.39. The molecule has 0 aliphatic heterocycles. The van der Waals surface area contributed by atoms with E-state index in [4.69, 9.17) is 10.00 Å². The number of carbonyl (C=O) groups excluding carboxylic acids is 1. The van der Waals surface area contributed by atoms with Gasteiger partial charge in [0.2, 0.25) is 0 Å². The highest BCUT2D eigenvalue weighted by Gasteiger charge is 2.16. The van der Waals surface area contributed by atoms with Crippen molar-refractivity contribution in [3.8, 4) is 11.8 Å². The Kier molecular flexibility index (Phi) is 4.97. The van der Waals surface area contributed by atoms with E-state index in [1.165, 1.54) is 0 Å². The second-order valence-corrected chi connectivity index (χ2v) is 5.40. The number of aromatic nitrogens is 1. The number of ether oxygens (including phenoxy) is 1. The molecule has 0 bridgehead atoms. The van der Waals surface area contributed by atoms with Crippen molar-refractivity contribution < 1.29 is 9.53 Å². The zero-order chi connectivity index (χ0) is 17.0. The number of amides is 1. The number of carbonyl (C=O) groups is 1. The molecule has 2 aromatic rings. The van der Waals surface area contributed by atoms with Crippen LogP contribution in [-0.2, 0) is 6.54 Å². The van der Waals surface area contributed by atoms with Crippen LogP contribution in [0.4, 0.5) is 0 Å². The number of hydrogen-bond donors (Lipinski definition) is 0. The van der Waals surface area contributed by atoms with Crippen molar-refractivity contribution in [3.63, 3.8) is 0 Å². The smallest absolute Gasteiger partial charge is 0.253 e. The van der Waals surface area contributed by atoms with E-state index in [2.05, 4.69) is 4.98 Å². The average molecular weight is 309 g/mol. The summed E-state index contributed by atoms with van der Waals surface area (Å²) in [7, 11) is 3.36. The molecule has 0 atom stereocenters. The Balaban J connectivity index is 2.20. The molecule has 0 radical (unpaired) electrons. The van der Waals surface area contributed by atoms with Crippen molar-refractivity contribution in [1.82, 2.24) is 9.88 Å². The summed E-state index contributed by atoms with van der Waals surface area (Å²) in [4.78, 5) is 18.5. The molecular weight excluding hydrogens is 290 g/mol. The van der Waals surface area contributed by atoms with Gasteiger partial charge in [-0.2, -0.15) is 5.26 Å². The molecule has 0 N–H and O–H groups in total. The van der Waals surface area contributed by atoms with Gasteiger partial charge in [-0.15, -0.1) is 0 Å². The standard InChI is InChI=1S/C18H19N3O2/c1-12-10-20-16(13(2)17(12)23-4)11-21(3)18(22)15-7-5-14(9-19)6-8-15/h5-8,10H,11H2,1-4H3. The van der Waals surface area contributed by atoms with Crippen LogP contribution in [0, 0.1) is 25.2 Å². The lowest BCUT2D eigenvalue weighted by Crippen LogP contribution is -2.27. The molecule has 0 aliphatic carbocycles. The van der Waals surface area contributed by atoms with Crippen molar-refractivity contribution >= 4 is 5.91 Å². The first-order valence-electron chi connectivity index (χ1n) is 7.22. The molecule has 2 rings (SSSR count). The number of hydrogen-bond acceptors (Lipinski definition) is 4. The third kappa shape index (κ3) is 3.49. The Morgan fingerprint density at radius 2 is 1.96 bits per heavy atom. The molecule has 118 valence electrons. The average Bonchev–Trinajstić information content (AvgIpc) is 2.57. The van der Waals surface area contributed by atoms with Crippen LogP contribution in [0.3, 0.4) is 0 Å². The Labute approximate surface area is 136 Å². The molecule has 23 heavy (non-hydrogen) atoms. The van der Waals surface area contributed by atoms with Gasteiger partial charge in [-0.3, -0.25) is 9.78 Å². The van der Waals surface area contributed by atoms with Gasteiger partial charge < -0.3 is 9.64 Å². The molecule has 5 heteroatoms. The lowest BCUT2D eigenvalue weighted by molar-refractivity contribution is 0.0783. The van der Waals surface area contributed by atoms with Gasteiger partial charge >= 0.3 is 0 Å². The Morgan fingerprint density at radius 3 is 2.52 bits per heavy atom. The quantitative estimate of drug-likeness (QED) is 0.871. The molecule has 0 saturated carbocycles.